The van der Waals surface area contributed by atoms with E-state index in [1.54, 1.807) is 16.4 Å². The quantitative estimate of drug-likeness (QED) is 0.822. The van der Waals surface area contributed by atoms with Crippen molar-refractivity contribution in [1.29, 1.82) is 0 Å². The maximum atomic E-state index is 12.8. The monoisotopic (exact) mass is 350 g/mol. The Labute approximate surface area is 146 Å². The van der Waals surface area contributed by atoms with Crippen molar-refractivity contribution in [1.82, 2.24) is 9.62 Å². The van der Waals surface area contributed by atoms with Gasteiger partial charge in [0.15, 0.2) is 0 Å². The summed E-state index contributed by atoms with van der Waals surface area (Å²) in [5.41, 5.74) is 1.20. The van der Waals surface area contributed by atoms with E-state index in [-0.39, 0.29) is 0 Å². The third-order valence-corrected chi connectivity index (χ3v) is 6.96. The minimum atomic E-state index is -3.34. The van der Waals surface area contributed by atoms with Crippen LogP contribution < -0.4 is 5.32 Å². The van der Waals surface area contributed by atoms with Crippen LogP contribution in [0.2, 0.25) is 0 Å². The Morgan fingerprint density at radius 2 is 1.71 bits per heavy atom. The fourth-order valence-electron chi connectivity index (χ4n) is 3.37. The largest absolute Gasteiger partial charge is 0.314 e. The SMILES string of the molecule is CC(C)Cc1ccc(S(=O)(=O)N2CCC(NCC3CC3)CC2)cc1. The van der Waals surface area contributed by atoms with Crippen LogP contribution >= 0.6 is 0 Å². The Morgan fingerprint density at radius 3 is 2.25 bits per heavy atom. The van der Waals surface area contributed by atoms with Crippen molar-refractivity contribution in [3.8, 4) is 0 Å². The summed E-state index contributed by atoms with van der Waals surface area (Å²) in [6, 6.07) is 7.92. The molecule has 0 unspecified atom stereocenters. The van der Waals surface area contributed by atoms with E-state index >= 15 is 0 Å². The van der Waals surface area contributed by atoms with Crippen LogP contribution in [-0.2, 0) is 16.4 Å². The fraction of sp³-hybridized carbons (Fsp3) is 0.684. The topological polar surface area (TPSA) is 49.4 Å². The number of piperidine rings is 1. The Bertz CT molecular complexity index is 628. The van der Waals surface area contributed by atoms with E-state index in [1.807, 2.05) is 12.1 Å². The minimum absolute atomic E-state index is 0.430. The molecule has 1 heterocycles. The first-order chi connectivity index (χ1) is 11.4. The van der Waals surface area contributed by atoms with Gasteiger partial charge in [-0.25, -0.2) is 8.42 Å². The maximum absolute atomic E-state index is 12.8. The molecule has 1 aliphatic carbocycles. The molecule has 1 saturated carbocycles. The van der Waals surface area contributed by atoms with E-state index in [9.17, 15) is 8.42 Å². The van der Waals surface area contributed by atoms with Crippen molar-refractivity contribution in [2.45, 2.75) is 56.9 Å². The lowest BCUT2D eigenvalue weighted by Crippen LogP contribution is -2.45. The van der Waals surface area contributed by atoms with Crippen LogP contribution in [0.5, 0.6) is 0 Å². The summed E-state index contributed by atoms with van der Waals surface area (Å²) in [4.78, 5) is 0.430. The molecule has 1 aromatic rings. The van der Waals surface area contributed by atoms with E-state index in [4.69, 9.17) is 0 Å². The second kappa shape index (κ2) is 7.54. The molecule has 1 saturated heterocycles. The lowest BCUT2D eigenvalue weighted by molar-refractivity contribution is 0.288. The summed E-state index contributed by atoms with van der Waals surface area (Å²) in [5, 5.41) is 3.60. The van der Waals surface area contributed by atoms with E-state index < -0.39 is 10.0 Å². The standard InChI is InChI=1S/C19H30N2O2S/c1-15(2)13-16-5-7-19(8-6-16)24(22,23)21-11-9-18(10-12-21)20-14-17-3-4-17/h5-8,15,17-18,20H,3-4,9-14H2,1-2H3. The molecule has 1 aromatic carbocycles. The third kappa shape index (κ3) is 4.58. The van der Waals surface area contributed by atoms with Gasteiger partial charge in [-0.1, -0.05) is 26.0 Å². The van der Waals surface area contributed by atoms with Gasteiger partial charge < -0.3 is 5.32 Å². The van der Waals surface area contributed by atoms with Crippen LogP contribution in [0.15, 0.2) is 29.2 Å². The second-order valence-corrected chi connectivity index (χ2v) is 9.71. The zero-order chi connectivity index (χ0) is 17.2. The second-order valence-electron chi connectivity index (χ2n) is 7.77. The molecule has 0 atom stereocenters. The van der Waals surface area contributed by atoms with Crippen molar-refractivity contribution in [3.05, 3.63) is 29.8 Å². The summed E-state index contributed by atoms with van der Waals surface area (Å²) in [7, 11) is -3.34. The molecule has 5 heteroatoms. The van der Waals surface area contributed by atoms with Gasteiger partial charge in [-0.05, 0) is 68.2 Å². The zero-order valence-electron chi connectivity index (χ0n) is 14.9. The molecule has 0 aromatic heterocycles. The Balaban J connectivity index is 1.56. The molecular weight excluding hydrogens is 320 g/mol. The predicted molar refractivity (Wildman–Crippen MR) is 97.5 cm³/mol. The van der Waals surface area contributed by atoms with Gasteiger partial charge in [-0.3, -0.25) is 0 Å². The van der Waals surface area contributed by atoms with Crippen LogP contribution in [0.3, 0.4) is 0 Å². The molecular formula is C19H30N2O2S. The first-order valence-corrected chi connectivity index (χ1v) is 10.7. The van der Waals surface area contributed by atoms with Crippen molar-refractivity contribution in [3.63, 3.8) is 0 Å². The summed E-state index contributed by atoms with van der Waals surface area (Å²) >= 11 is 0. The van der Waals surface area contributed by atoms with Crippen LogP contribution in [0.25, 0.3) is 0 Å². The molecule has 2 aliphatic rings. The first kappa shape index (κ1) is 17.9. The fourth-order valence-corrected chi connectivity index (χ4v) is 4.84. The van der Waals surface area contributed by atoms with Crippen molar-refractivity contribution in [2.75, 3.05) is 19.6 Å². The highest BCUT2D eigenvalue weighted by atomic mass is 32.2. The Kier molecular flexibility index (Phi) is 5.63. The molecule has 1 aliphatic heterocycles. The highest BCUT2D eigenvalue weighted by Gasteiger charge is 2.30. The molecule has 0 radical (unpaired) electrons. The Morgan fingerprint density at radius 1 is 1.08 bits per heavy atom. The lowest BCUT2D eigenvalue weighted by Gasteiger charge is -2.31. The van der Waals surface area contributed by atoms with Gasteiger partial charge in [-0.15, -0.1) is 0 Å². The molecule has 2 fully saturated rings. The molecule has 134 valence electrons. The van der Waals surface area contributed by atoms with Crippen molar-refractivity contribution >= 4 is 10.0 Å². The van der Waals surface area contributed by atoms with E-state index in [0.29, 0.717) is 29.9 Å². The van der Waals surface area contributed by atoms with E-state index in [1.165, 1.54) is 18.4 Å². The van der Waals surface area contributed by atoms with Gasteiger partial charge >= 0.3 is 0 Å². The predicted octanol–water partition coefficient (Wildman–Crippen LogP) is 3.04. The number of rotatable bonds is 7. The maximum Gasteiger partial charge on any atom is 0.243 e. The van der Waals surface area contributed by atoms with Gasteiger partial charge in [0.2, 0.25) is 10.0 Å². The molecule has 1 N–H and O–H groups in total. The van der Waals surface area contributed by atoms with Crippen molar-refractivity contribution in [2.24, 2.45) is 11.8 Å². The molecule has 0 spiro atoms. The summed E-state index contributed by atoms with van der Waals surface area (Å²) in [5.74, 6) is 1.45. The number of hydrogen-bond acceptors (Lipinski definition) is 3. The van der Waals surface area contributed by atoms with Gasteiger partial charge in [0.1, 0.15) is 0 Å². The highest BCUT2D eigenvalue weighted by Crippen LogP contribution is 2.28. The number of nitrogens with one attached hydrogen (secondary N) is 1. The van der Waals surface area contributed by atoms with Crippen LogP contribution in [0, 0.1) is 11.8 Å². The number of sulfonamides is 1. The molecule has 24 heavy (non-hydrogen) atoms. The summed E-state index contributed by atoms with van der Waals surface area (Å²) < 4.78 is 27.3. The normalized spacial score (nSPS) is 20.6. The minimum Gasteiger partial charge on any atom is -0.314 e. The van der Waals surface area contributed by atoms with E-state index in [2.05, 4.69) is 19.2 Å². The smallest absolute Gasteiger partial charge is 0.243 e. The van der Waals surface area contributed by atoms with Crippen LogP contribution in [-0.4, -0.2) is 38.4 Å². The van der Waals surface area contributed by atoms with E-state index in [0.717, 1.165) is 31.7 Å². The number of hydrogen-bond donors (Lipinski definition) is 1. The van der Waals surface area contributed by atoms with Gasteiger partial charge in [0, 0.05) is 19.1 Å². The van der Waals surface area contributed by atoms with Crippen LogP contribution in [0.4, 0.5) is 0 Å². The number of benzene rings is 1. The zero-order valence-corrected chi connectivity index (χ0v) is 15.7. The van der Waals surface area contributed by atoms with Gasteiger partial charge in [0.05, 0.1) is 4.90 Å². The molecule has 0 bridgehead atoms. The number of nitrogens with zero attached hydrogens (tertiary/aromatic N) is 1. The third-order valence-electron chi connectivity index (χ3n) is 5.05. The lowest BCUT2D eigenvalue weighted by atomic mass is 10.0. The summed E-state index contributed by atoms with van der Waals surface area (Å²) in [6.45, 7) is 6.70. The average Bonchev–Trinajstić information content (AvgIpc) is 3.38. The average molecular weight is 351 g/mol. The Hall–Kier alpha value is -0.910. The van der Waals surface area contributed by atoms with Crippen LogP contribution in [0.1, 0.15) is 45.1 Å². The summed E-state index contributed by atoms with van der Waals surface area (Å²) in [6.07, 6.45) is 5.52. The van der Waals surface area contributed by atoms with Gasteiger partial charge in [-0.2, -0.15) is 4.31 Å². The molecule has 4 nitrogen and oxygen atoms in total. The van der Waals surface area contributed by atoms with Crippen molar-refractivity contribution < 1.29 is 8.42 Å². The van der Waals surface area contributed by atoms with Gasteiger partial charge in [0.25, 0.3) is 0 Å². The highest BCUT2D eigenvalue weighted by molar-refractivity contribution is 7.89. The molecule has 3 rings (SSSR count). The first-order valence-electron chi connectivity index (χ1n) is 9.27. The molecule has 0 amide bonds.